The number of aromatic nitrogens is 1. The minimum Gasteiger partial charge on any atom is -0.497 e. The molecule has 0 unspecified atom stereocenters. The monoisotopic (exact) mass is 518 g/mol. The average molecular weight is 519 g/mol. The zero-order valence-electron chi connectivity index (χ0n) is 19.9. The van der Waals surface area contributed by atoms with Crippen LogP contribution in [0.15, 0.2) is 53.6 Å². The fraction of sp³-hybridized carbons (Fsp3) is 0.444. The first-order chi connectivity index (χ1) is 17.0. The number of hydrogen-bond donors (Lipinski definition) is 2. The number of pyridine rings is 1. The number of methoxy groups -OCH3 is 1. The molecule has 0 radical (unpaired) electrons. The van der Waals surface area contributed by atoms with Crippen molar-refractivity contribution in [1.29, 1.82) is 0 Å². The molecule has 188 valence electrons. The second-order valence-corrected chi connectivity index (χ2v) is 10.7. The van der Waals surface area contributed by atoms with Crippen LogP contribution < -0.4 is 4.74 Å². The fourth-order valence-corrected chi connectivity index (χ4v) is 6.22. The number of piperidine rings is 1. The smallest absolute Gasteiger partial charge is 0.125 e. The molecule has 1 aromatic heterocycles. The van der Waals surface area contributed by atoms with Gasteiger partial charge in [0.15, 0.2) is 0 Å². The van der Waals surface area contributed by atoms with Crippen molar-refractivity contribution >= 4 is 34.3 Å². The maximum Gasteiger partial charge on any atom is 0.125 e. The predicted octanol–water partition coefficient (Wildman–Crippen LogP) is 5.57. The number of fused-ring (bicyclic) bond motifs is 1. The average Bonchev–Trinajstić information content (AvgIpc) is 2.86. The maximum absolute atomic E-state index is 13.5. The van der Waals surface area contributed by atoms with Gasteiger partial charge in [0.2, 0.25) is 0 Å². The van der Waals surface area contributed by atoms with Crippen molar-refractivity contribution in [2.45, 2.75) is 30.3 Å². The van der Waals surface area contributed by atoms with Gasteiger partial charge < -0.3 is 19.8 Å². The number of nitrogens with zero attached hydrogens (tertiary/aromatic N) is 2. The molecular formula is C27H32ClFN2O3S. The number of rotatable bonds is 10. The molecule has 1 aliphatic heterocycles. The van der Waals surface area contributed by atoms with Crippen LogP contribution in [0.5, 0.6) is 5.75 Å². The second-order valence-electron chi connectivity index (χ2n) is 9.12. The summed E-state index contributed by atoms with van der Waals surface area (Å²) in [6.45, 7) is 2.79. The second kappa shape index (κ2) is 12.4. The van der Waals surface area contributed by atoms with E-state index in [1.165, 1.54) is 12.1 Å². The highest BCUT2D eigenvalue weighted by atomic mass is 35.5. The van der Waals surface area contributed by atoms with Crippen LogP contribution in [0.4, 0.5) is 4.39 Å². The Morgan fingerprint density at radius 1 is 1.23 bits per heavy atom. The van der Waals surface area contributed by atoms with Crippen molar-refractivity contribution in [3.05, 3.63) is 65.1 Å². The van der Waals surface area contributed by atoms with Gasteiger partial charge in [-0.1, -0.05) is 11.6 Å². The van der Waals surface area contributed by atoms with Gasteiger partial charge >= 0.3 is 0 Å². The Kier molecular flexibility index (Phi) is 9.25. The summed E-state index contributed by atoms with van der Waals surface area (Å²) in [5.41, 5.74) is 1.70. The lowest BCUT2D eigenvalue weighted by molar-refractivity contribution is 0.0608. The van der Waals surface area contributed by atoms with Gasteiger partial charge in [-0.05, 0) is 85.7 Å². The molecule has 1 saturated heterocycles. The largest absolute Gasteiger partial charge is 0.497 e. The van der Waals surface area contributed by atoms with Crippen molar-refractivity contribution in [2.75, 3.05) is 39.1 Å². The molecule has 0 amide bonds. The number of thioether (sulfide) groups is 1. The molecular weight excluding hydrogens is 487 g/mol. The molecule has 0 aliphatic carbocycles. The molecule has 0 bridgehead atoms. The van der Waals surface area contributed by atoms with Crippen molar-refractivity contribution < 1.29 is 19.3 Å². The standard InChI is InChI=1S/C27H32ClFN2O3S/c1-34-22-3-4-26-25(15-22)24(6-8-30-26)27(33)5-2-18-7-9-31(16-19(18)17-32)10-11-35-23-13-20(28)12-21(29)14-23/h3-4,6,8,12-15,18-19,27,32-33H,2,5,7,9-11,16-17H2,1H3/t18-,19-,27-/m1/s1. The summed E-state index contributed by atoms with van der Waals surface area (Å²) in [4.78, 5) is 7.60. The fourth-order valence-electron chi connectivity index (χ4n) is 4.94. The molecule has 3 aromatic rings. The van der Waals surface area contributed by atoms with E-state index in [9.17, 15) is 14.6 Å². The van der Waals surface area contributed by atoms with Crippen LogP contribution in [0.2, 0.25) is 5.02 Å². The van der Waals surface area contributed by atoms with Crippen molar-refractivity contribution in [2.24, 2.45) is 11.8 Å². The van der Waals surface area contributed by atoms with Crippen LogP contribution in [-0.4, -0.2) is 59.2 Å². The maximum atomic E-state index is 13.5. The lowest BCUT2D eigenvalue weighted by Gasteiger charge is -2.38. The molecule has 8 heteroatoms. The lowest BCUT2D eigenvalue weighted by Crippen LogP contribution is -2.43. The summed E-state index contributed by atoms with van der Waals surface area (Å²) in [6, 6.07) is 12.2. The molecule has 35 heavy (non-hydrogen) atoms. The topological polar surface area (TPSA) is 65.8 Å². The first-order valence-electron chi connectivity index (χ1n) is 12.0. The van der Waals surface area contributed by atoms with E-state index >= 15 is 0 Å². The van der Waals surface area contributed by atoms with Gasteiger partial charge in [-0.25, -0.2) is 4.39 Å². The molecule has 4 rings (SSSR count). The Balaban J connectivity index is 1.29. The zero-order chi connectivity index (χ0) is 24.8. The molecule has 5 nitrogen and oxygen atoms in total. The SMILES string of the molecule is COc1ccc2nccc([C@H](O)CC[C@@H]3CCN(CCSc4cc(F)cc(Cl)c4)C[C@@H]3CO)c2c1. The van der Waals surface area contributed by atoms with Gasteiger partial charge in [-0.15, -0.1) is 11.8 Å². The first kappa shape index (κ1) is 26.2. The third kappa shape index (κ3) is 6.86. The highest BCUT2D eigenvalue weighted by molar-refractivity contribution is 7.99. The van der Waals surface area contributed by atoms with Gasteiger partial charge in [0, 0.05) is 47.0 Å². The number of aliphatic hydroxyl groups excluding tert-OH is 2. The van der Waals surface area contributed by atoms with Gasteiger partial charge in [-0.2, -0.15) is 0 Å². The Morgan fingerprint density at radius 3 is 2.86 bits per heavy atom. The van der Waals surface area contributed by atoms with Crippen molar-refractivity contribution in [1.82, 2.24) is 9.88 Å². The van der Waals surface area contributed by atoms with Crippen LogP contribution in [0, 0.1) is 17.7 Å². The Hall–Kier alpha value is -1.90. The molecule has 0 saturated carbocycles. The Labute approximate surface area is 215 Å². The molecule has 2 aromatic carbocycles. The van der Waals surface area contributed by atoms with E-state index in [1.54, 1.807) is 31.1 Å². The quantitative estimate of drug-likeness (QED) is 0.342. The third-order valence-electron chi connectivity index (χ3n) is 6.87. The number of aliphatic hydroxyl groups is 2. The van der Waals surface area contributed by atoms with E-state index in [0.717, 1.165) is 65.3 Å². The van der Waals surface area contributed by atoms with Gasteiger partial charge in [0.1, 0.15) is 11.6 Å². The molecule has 1 aliphatic rings. The number of likely N-dealkylation sites (tertiary alicyclic amines) is 1. The van der Waals surface area contributed by atoms with Crippen LogP contribution in [0.1, 0.15) is 30.9 Å². The molecule has 2 heterocycles. The minimum atomic E-state index is -0.598. The predicted molar refractivity (Wildman–Crippen MR) is 140 cm³/mol. The van der Waals surface area contributed by atoms with Crippen LogP contribution in [0.25, 0.3) is 10.9 Å². The van der Waals surface area contributed by atoms with Crippen molar-refractivity contribution in [3.63, 3.8) is 0 Å². The Bertz CT molecular complexity index is 1110. The number of ether oxygens (including phenoxy) is 1. The Morgan fingerprint density at radius 2 is 2.09 bits per heavy atom. The third-order valence-corrected chi connectivity index (χ3v) is 8.05. The first-order valence-corrected chi connectivity index (χ1v) is 13.4. The summed E-state index contributed by atoms with van der Waals surface area (Å²) in [5, 5.41) is 22.4. The van der Waals surface area contributed by atoms with E-state index in [1.807, 2.05) is 24.3 Å². The summed E-state index contributed by atoms with van der Waals surface area (Å²) in [7, 11) is 1.63. The van der Waals surface area contributed by atoms with Gasteiger partial charge in [0.05, 0.1) is 18.7 Å². The van der Waals surface area contributed by atoms with Gasteiger partial charge in [-0.3, -0.25) is 4.98 Å². The lowest BCUT2D eigenvalue weighted by atomic mass is 9.81. The van der Waals surface area contributed by atoms with Crippen LogP contribution >= 0.6 is 23.4 Å². The van der Waals surface area contributed by atoms with E-state index in [0.29, 0.717) is 17.4 Å². The van der Waals surface area contributed by atoms with Gasteiger partial charge in [0.25, 0.3) is 0 Å². The molecule has 2 N–H and O–H groups in total. The summed E-state index contributed by atoms with van der Waals surface area (Å²) < 4.78 is 18.9. The van der Waals surface area contributed by atoms with E-state index in [2.05, 4.69) is 9.88 Å². The van der Waals surface area contributed by atoms with E-state index in [-0.39, 0.29) is 18.3 Å². The summed E-state index contributed by atoms with van der Waals surface area (Å²) >= 11 is 7.54. The van der Waals surface area contributed by atoms with Crippen LogP contribution in [0.3, 0.4) is 0 Å². The molecule has 0 spiro atoms. The number of benzene rings is 2. The molecule has 1 fully saturated rings. The normalized spacial score (nSPS) is 19.7. The summed E-state index contributed by atoms with van der Waals surface area (Å²) in [6.07, 6.45) is 3.61. The van der Waals surface area contributed by atoms with E-state index in [4.69, 9.17) is 16.3 Å². The summed E-state index contributed by atoms with van der Waals surface area (Å²) in [5.74, 6) is 1.80. The number of halogens is 2. The minimum absolute atomic E-state index is 0.138. The zero-order valence-corrected chi connectivity index (χ0v) is 21.4. The van der Waals surface area contributed by atoms with E-state index < -0.39 is 6.10 Å². The van der Waals surface area contributed by atoms with Crippen molar-refractivity contribution in [3.8, 4) is 5.75 Å². The number of hydrogen-bond acceptors (Lipinski definition) is 6. The highest BCUT2D eigenvalue weighted by Crippen LogP contribution is 2.34. The highest BCUT2D eigenvalue weighted by Gasteiger charge is 2.29. The molecule has 3 atom stereocenters. The van der Waals surface area contributed by atoms with Crippen LogP contribution in [-0.2, 0) is 0 Å².